The Morgan fingerprint density at radius 3 is 2.39 bits per heavy atom. The second-order valence-corrected chi connectivity index (χ2v) is 8.85. The number of primary amides is 1. The van der Waals surface area contributed by atoms with E-state index in [1.54, 1.807) is 24.3 Å². The smallest absolute Gasteiger partial charge is 0.250 e. The van der Waals surface area contributed by atoms with Gasteiger partial charge >= 0.3 is 0 Å². The van der Waals surface area contributed by atoms with Crippen molar-refractivity contribution in [2.24, 2.45) is 5.73 Å². The molecule has 0 aliphatic heterocycles. The van der Waals surface area contributed by atoms with Crippen LogP contribution in [0.1, 0.15) is 15.9 Å². The Labute approximate surface area is 186 Å². The third kappa shape index (κ3) is 4.55. The number of nitrogens with zero attached hydrogens (tertiary/aromatic N) is 1. The molecule has 1 amide bonds. The van der Waals surface area contributed by atoms with Crippen molar-refractivity contribution >= 4 is 67.2 Å². The number of hydrogen-bond donors (Lipinski definition) is 3. The molecule has 4 N–H and O–H groups in total. The Morgan fingerprint density at radius 1 is 1.00 bits per heavy atom. The summed E-state index contributed by atoms with van der Waals surface area (Å²) in [5.41, 5.74) is 10.1. The molecule has 3 aromatic carbocycles. The molecule has 1 aromatic heterocycles. The first-order valence-corrected chi connectivity index (χ1v) is 11.1. The number of hydrogen-bond acceptors (Lipinski definition) is 5. The van der Waals surface area contributed by atoms with Crippen LogP contribution in [0.2, 0.25) is 0 Å². The fourth-order valence-corrected chi connectivity index (χ4v) is 4.02. The fourth-order valence-electron chi connectivity index (χ4n) is 3.46. The number of sulfonamides is 1. The van der Waals surface area contributed by atoms with Gasteiger partial charge in [-0.1, -0.05) is 30.3 Å². The van der Waals surface area contributed by atoms with Crippen molar-refractivity contribution in [3.05, 3.63) is 71.8 Å². The van der Waals surface area contributed by atoms with E-state index in [2.05, 4.69) is 15.0 Å². The Balaban J connectivity index is 0.00000272. The highest BCUT2D eigenvalue weighted by atomic mass is 35.5. The predicted octanol–water partition coefficient (Wildman–Crippen LogP) is 4.33. The van der Waals surface area contributed by atoms with E-state index in [0.29, 0.717) is 16.8 Å². The first-order valence-electron chi connectivity index (χ1n) is 9.20. The molecule has 7 nitrogen and oxygen atoms in total. The lowest BCUT2D eigenvalue weighted by Gasteiger charge is -2.16. The average Bonchev–Trinajstić information content (AvgIpc) is 2.67. The van der Waals surface area contributed by atoms with Gasteiger partial charge < -0.3 is 11.1 Å². The Kier molecular flexibility index (Phi) is 6.06. The van der Waals surface area contributed by atoms with Gasteiger partial charge in [-0.3, -0.25) is 9.52 Å². The molecule has 4 aromatic rings. The van der Waals surface area contributed by atoms with Gasteiger partial charge in [-0.25, -0.2) is 13.4 Å². The minimum atomic E-state index is -3.36. The van der Waals surface area contributed by atoms with Crippen molar-refractivity contribution in [3.8, 4) is 0 Å². The molecule has 0 fully saturated rings. The number of benzene rings is 3. The molecule has 0 aliphatic rings. The maximum atomic E-state index is 11.9. The number of anilines is 3. The quantitative estimate of drug-likeness (QED) is 0.386. The fraction of sp³-hybridized carbons (Fsp3) is 0.0909. The van der Waals surface area contributed by atoms with E-state index < -0.39 is 15.9 Å². The number of amides is 1. The summed E-state index contributed by atoms with van der Waals surface area (Å²) in [6.07, 6.45) is 1.11. The normalized spacial score (nSPS) is 11.2. The van der Waals surface area contributed by atoms with Gasteiger partial charge in [0.25, 0.3) is 5.91 Å². The molecule has 1 heterocycles. The van der Waals surface area contributed by atoms with Crippen LogP contribution in [-0.4, -0.2) is 25.6 Å². The number of rotatable bonds is 5. The van der Waals surface area contributed by atoms with Crippen LogP contribution in [0.3, 0.4) is 0 Å². The summed E-state index contributed by atoms with van der Waals surface area (Å²) in [4.78, 5) is 16.6. The van der Waals surface area contributed by atoms with Gasteiger partial charge in [-0.05, 0) is 42.8 Å². The van der Waals surface area contributed by atoms with E-state index in [4.69, 9.17) is 5.73 Å². The van der Waals surface area contributed by atoms with Crippen LogP contribution in [0.5, 0.6) is 0 Å². The zero-order valence-electron chi connectivity index (χ0n) is 16.8. The largest absolute Gasteiger partial charge is 0.366 e. The Hall–Kier alpha value is -3.36. The molecule has 31 heavy (non-hydrogen) atoms. The SMILES string of the molecule is Cc1cc(NS(C)(=O)=O)ccc1Nc1c2ccccc2nc2c(C(N)=O)cccc12.Cl. The number of nitrogens with one attached hydrogen (secondary N) is 2. The number of aryl methyl sites for hydroxylation is 1. The van der Waals surface area contributed by atoms with E-state index in [-0.39, 0.29) is 12.4 Å². The Bertz CT molecular complexity index is 1420. The second kappa shape index (κ2) is 8.41. The number of fused-ring (bicyclic) bond motifs is 2. The minimum absolute atomic E-state index is 0. The molecule has 0 atom stereocenters. The van der Waals surface area contributed by atoms with Gasteiger partial charge in [0.15, 0.2) is 0 Å². The number of nitrogens with two attached hydrogens (primary N) is 1. The molecule has 0 spiro atoms. The molecule has 0 aliphatic carbocycles. The van der Waals surface area contributed by atoms with E-state index in [0.717, 1.165) is 39.5 Å². The van der Waals surface area contributed by atoms with Crippen LogP contribution in [0.15, 0.2) is 60.7 Å². The molecule has 160 valence electrons. The van der Waals surface area contributed by atoms with Crippen molar-refractivity contribution in [2.45, 2.75) is 6.92 Å². The van der Waals surface area contributed by atoms with E-state index in [9.17, 15) is 13.2 Å². The molecule has 0 radical (unpaired) electrons. The molecule has 0 saturated carbocycles. The molecule has 4 rings (SSSR count). The van der Waals surface area contributed by atoms with Gasteiger partial charge in [-0.2, -0.15) is 0 Å². The van der Waals surface area contributed by atoms with Crippen LogP contribution in [0.4, 0.5) is 17.1 Å². The Morgan fingerprint density at radius 2 is 1.71 bits per heavy atom. The first-order chi connectivity index (χ1) is 14.2. The van der Waals surface area contributed by atoms with Gasteiger partial charge in [0.2, 0.25) is 10.0 Å². The molecular formula is C22H21ClN4O3S. The molecule has 9 heteroatoms. The predicted molar refractivity (Wildman–Crippen MR) is 128 cm³/mol. The number of pyridine rings is 1. The lowest BCUT2D eigenvalue weighted by atomic mass is 10.0. The number of halogens is 1. The molecular weight excluding hydrogens is 436 g/mol. The monoisotopic (exact) mass is 456 g/mol. The summed E-state index contributed by atoms with van der Waals surface area (Å²) in [7, 11) is -3.36. The van der Waals surface area contributed by atoms with Crippen LogP contribution in [0, 0.1) is 6.92 Å². The minimum Gasteiger partial charge on any atom is -0.366 e. The highest BCUT2D eigenvalue weighted by Gasteiger charge is 2.15. The van der Waals surface area contributed by atoms with Crippen LogP contribution in [0.25, 0.3) is 21.8 Å². The van der Waals surface area contributed by atoms with Crippen LogP contribution < -0.4 is 15.8 Å². The maximum Gasteiger partial charge on any atom is 0.250 e. The van der Waals surface area contributed by atoms with Gasteiger partial charge in [0.1, 0.15) is 0 Å². The zero-order valence-corrected chi connectivity index (χ0v) is 18.5. The van der Waals surface area contributed by atoms with Gasteiger partial charge in [0, 0.05) is 22.1 Å². The highest BCUT2D eigenvalue weighted by molar-refractivity contribution is 7.92. The summed E-state index contributed by atoms with van der Waals surface area (Å²) in [5.74, 6) is -0.540. The topological polar surface area (TPSA) is 114 Å². The summed E-state index contributed by atoms with van der Waals surface area (Å²) >= 11 is 0. The average molecular weight is 457 g/mol. The second-order valence-electron chi connectivity index (χ2n) is 7.10. The van der Waals surface area contributed by atoms with E-state index in [1.165, 1.54) is 0 Å². The first kappa shape index (κ1) is 22.3. The highest BCUT2D eigenvalue weighted by Crippen LogP contribution is 2.35. The molecule has 0 bridgehead atoms. The van der Waals surface area contributed by atoms with Crippen LogP contribution in [-0.2, 0) is 10.0 Å². The van der Waals surface area contributed by atoms with Crippen molar-refractivity contribution in [1.29, 1.82) is 0 Å². The van der Waals surface area contributed by atoms with E-state index in [1.807, 2.05) is 43.3 Å². The van der Waals surface area contributed by atoms with Crippen molar-refractivity contribution < 1.29 is 13.2 Å². The van der Waals surface area contributed by atoms with Gasteiger partial charge in [0.05, 0.1) is 28.5 Å². The van der Waals surface area contributed by atoms with Crippen molar-refractivity contribution in [1.82, 2.24) is 4.98 Å². The lowest BCUT2D eigenvalue weighted by molar-refractivity contribution is 0.100. The van der Waals surface area contributed by atoms with Crippen molar-refractivity contribution in [2.75, 3.05) is 16.3 Å². The van der Waals surface area contributed by atoms with Crippen molar-refractivity contribution in [3.63, 3.8) is 0 Å². The molecule has 0 saturated heterocycles. The number of carbonyl (C=O) groups excluding carboxylic acids is 1. The van der Waals surface area contributed by atoms with E-state index >= 15 is 0 Å². The number of aromatic nitrogens is 1. The third-order valence-corrected chi connectivity index (χ3v) is 5.37. The molecule has 0 unspecified atom stereocenters. The summed E-state index contributed by atoms with van der Waals surface area (Å²) < 4.78 is 25.5. The number of para-hydroxylation sites is 2. The summed E-state index contributed by atoms with van der Waals surface area (Å²) in [6, 6.07) is 18.2. The summed E-state index contributed by atoms with van der Waals surface area (Å²) in [6.45, 7) is 1.89. The lowest BCUT2D eigenvalue weighted by Crippen LogP contribution is -2.12. The third-order valence-electron chi connectivity index (χ3n) is 4.77. The number of carbonyl (C=O) groups is 1. The summed E-state index contributed by atoms with van der Waals surface area (Å²) in [5, 5.41) is 5.10. The van der Waals surface area contributed by atoms with Crippen LogP contribution >= 0.6 is 12.4 Å². The standard InChI is InChI=1S/C22H20N4O3S.ClH/c1-13-12-14(26-30(2,28)29)10-11-18(13)24-20-15-6-3-4-9-19(15)25-21-16(20)7-5-8-17(21)22(23)27;/h3-12,26H,1-2H3,(H2,23,27)(H,24,25);1H. The zero-order chi connectivity index (χ0) is 21.5. The van der Waals surface area contributed by atoms with Gasteiger partial charge in [-0.15, -0.1) is 12.4 Å². The maximum absolute atomic E-state index is 11.9.